The molecule has 0 radical (unpaired) electrons. The van der Waals surface area contributed by atoms with Gasteiger partial charge in [-0.1, -0.05) is 19.0 Å². The molecule has 17 heavy (non-hydrogen) atoms. The van der Waals surface area contributed by atoms with Crippen molar-refractivity contribution in [3.8, 4) is 0 Å². The molecule has 6 nitrogen and oxygen atoms in total. The highest BCUT2D eigenvalue weighted by atomic mass is 16.5. The molecule has 0 fully saturated rings. The highest BCUT2D eigenvalue weighted by Gasteiger charge is 2.27. The second-order valence-electron chi connectivity index (χ2n) is 4.13. The van der Waals surface area contributed by atoms with Crippen molar-refractivity contribution in [2.45, 2.75) is 27.7 Å². The molecular weight excluding hydrogens is 224 g/mol. The summed E-state index contributed by atoms with van der Waals surface area (Å²) in [5.74, 6) is -2.51. The van der Waals surface area contributed by atoms with Crippen molar-refractivity contribution in [1.82, 2.24) is 5.16 Å². The van der Waals surface area contributed by atoms with E-state index >= 15 is 0 Å². The summed E-state index contributed by atoms with van der Waals surface area (Å²) in [5.41, 5.74) is 1.44. The zero-order chi connectivity index (χ0) is 13.2. The molecule has 2 atom stereocenters. The first-order chi connectivity index (χ1) is 7.84. The predicted molar refractivity (Wildman–Crippen MR) is 60.6 cm³/mol. The Morgan fingerprint density at radius 3 is 2.29 bits per heavy atom. The van der Waals surface area contributed by atoms with Crippen LogP contribution in [0.25, 0.3) is 0 Å². The van der Waals surface area contributed by atoms with Gasteiger partial charge in [-0.3, -0.25) is 14.9 Å². The van der Waals surface area contributed by atoms with Gasteiger partial charge < -0.3 is 9.63 Å². The van der Waals surface area contributed by atoms with E-state index in [0.29, 0.717) is 5.69 Å². The molecule has 0 saturated carbocycles. The Kier molecular flexibility index (Phi) is 3.88. The molecule has 6 heteroatoms. The van der Waals surface area contributed by atoms with Crippen LogP contribution in [-0.4, -0.2) is 22.1 Å². The molecule has 1 heterocycles. The predicted octanol–water partition coefficient (Wildman–Crippen LogP) is 1.59. The van der Waals surface area contributed by atoms with Crippen molar-refractivity contribution >= 4 is 17.8 Å². The molecule has 94 valence electrons. The lowest BCUT2D eigenvalue weighted by Gasteiger charge is -2.14. The second kappa shape index (κ2) is 4.99. The number of rotatable bonds is 4. The number of anilines is 1. The Hall–Kier alpha value is -1.85. The maximum atomic E-state index is 11.8. The van der Waals surface area contributed by atoms with Crippen molar-refractivity contribution in [3.63, 3.8) is 0 Å². The van der Waals surface area contributed by atoms with E-state index in [9.17, 15) is 9.59 Å². The first-order valence-electron chi connectivity index (χ1n) is 5.31. The van der Waals surface area contributed by atoms with E-state index in [4.69, 9.17) is 9.63 Å². The van der Waals surface area contributed by atoms with E-state index in [1.807, 2.05) is 0 Å². The Morgan fingerprint density at radius 2 is 1.88 bits per heavy atom. The van der Waals surface area contributed by atoms with Gasteiger partial charge in [-0.25, -0.2) is 0 Å². The van der Waals surface area contributed by atoms with E-state index in [0.717, 1.165) is 5.56 Å². The third-order valence-corrected chi connectivity index (χ3v) is 2.95. The quantitative estimate of drug-likeness (QED) is 0.833. The van der Waals surface area contributed by atoms with Crippen molar-refractivity contribution in [3.05, 3.63) is 11.3 Å². The summed E-state index contributed by atoms with van der Waals surface area (Å²) in [5, 5.41) is 15.0. The first-order valence-corrected chi connectivity index (χ1v) is 5.31. The van der Waals surface area contributed by atoms with Crippen LogP contribution in [0.15, 0.2) is 4.52 Å². The molecule has 0 aliphatic rings. The summed E-state index contributed by atoms with van der Waals surface area (Å²) in [7, 11) is 0. The first kappa shape index (κ1) is 13.2. The van der Waals surface area contributed by atoms with Crippen LogP contribution in [0, 0.1) is 25.7 Å². The lowest BCUT2D eigenvalue weighted by Crippen LogP contribution is -2.30. The number of hydrogen-bond donors (Lipinski definition) is 2. The number of nitrogens with zero attached hydrogens (tertiary/aromatic N) is 1. The number of aliphatic carboxylic acids is 1. The van der Waals surface area contributed by atoms with Crippen molar-refractivity contribution < 1.29 is 19.2 Å². The average molecular weight is 240 g/mol. The third kappa shape index (κ3) is 2.83. The summed E-state index contributed by atoms with van der Waals surface area (Å²) in [6, 6.07) is 0. The van der Waals surface area contributed by atoms with E-state index in [-0.39, 0.29) is 11.8 Å². The van der Waals surface area contributed by atoms with Gasteiger partial charge in [0.2, 0.25) is 11.8 Å². The van der Waals surface area contributed by atoms with Crippen molar-refractivity contribution in [2.24, 2.45) is 11.8 Å². The fourth-order valence-electron chi connectivity index (χ4n) is 1.20. The lowest BCUT2D eigenvalue weighted by molar-refractivity contribution is -0.145. The molecule has 0 saturated heterocycles. The van der Waals surface area contributed by atoms with Gasteiger partial charge in [0.05, 0.1) is 11.6 Å². The summed E-state index contributed by atoms with van der Waals surface area (Å²) < 4.78 is 4.93. The number of nitrogens with one attached hydrogen (secondary N) is 1. The summed E-state index contributed by atoms with van der Waals surface area (Å²) in [6.45, 7) is 6.59. The van der Waals surface area contributed by atoms with Gasteiger partial charge in [-0.05, 0) is 13.8 Å². The molecule has 0 spiro atoms. The number of carboxylic acid groups (broad SMARTS) is 1. The van der Waals surface area contributed by atoms with E-state index in [1.54, 1.807) is 20.8 Å². The molecule has 0 aromatic carbocycles. The molecule has 1 aromatic rings. The van der Waals surface area contributed by atoms with Gasteiger partial charge in [0, 0.05) is 11.5 Å². The Morgan fingerprint density at radius 1 is 1.29 bits per heavy atom. The van der Waals surface area contributed by atoms with Crippen LogP contribution in [0.5, 0.6) is 0 Å². The van der Waals surface area contributed by atoms with E-state index < -0.39 is 17.8 Å². The van der Waals surface area contributed by atoms with Crippen LogP contribution in [0.4, 0.5) is 5.88 Å². The molecule has 1 rings (SSSR count). The molecule has 1 amide bonds. The van der Waals surface area contributed by atoms with Gasteiger partial charge >= 0.3 is 5.97 Å². The molecule has 2 N–H and O–H groups in total. The van der Waals surface area contributed by atoms with Gasteiger partial charge in [-0.15, -0.1) is 0 Å². The van der Waals surface area contributed by atoms with E-state index in [2.05, 4.69) is 10.5 Å². The van der Waals surface area contributed by atoms with Crippen molar-refractivity contribution in [2.75, 3.05) is 5.32 Å². The van der Waals surface area contributed by atoms with Gasteiger partial charge in [0.15, 0.2) is 0 Å². The Labute approximate surface area is 99.0 Å². The van der Waals surface area contributed by atoms with Crippen LogP contribution >= 0.6 is 0 Å². The summed E-state index contributed by atoms with van der Waals surface area (Å²) in [4.78, 5) is 22.5. The molecular formula is C11H16N2O4. The highest BCUT2D eigenvalue weighted by molar-refractivity contribution is 5.94. The Balaban J connectivity index is 2.73. The molecule has 0 aliphatic carbocycles. The minimum absolute atomic E-state index is 0.275. The van der Waals surface area contributed by atoms with Gasteiger partial charge in [-0.2, -0.15) is 0 Å². The topological polar surface area (TPSA) is 92.4 Å². The zero-order valence-corrected chi connectivity index (χ0v) is 10.3. The molecule has 2 unspecified atom stereocenters. The third-order valence-electron chi connectivity index (χ3n) is 2.95. The van der Waals surface area contributed by atoms with Crippen LogP contribution in [0.1, 0.15) is 25.1 Å². The fourth-order valence-corrected chi connectivity index (χ4v) is 1.20. The SMILES string of the molecule is Cc1noc(NC(=O)C(C)C(C)C(=O)O)c1C. The minimum atomic E-state index is -1.00. The second-order valence-corrected chi connectivity index (χ2v) is 4.13. The summed E-state index contributed by atoms with van der Waals surface area (Å²) >= 11 is 0. The van der Waals surface area contributed by atoms with Crippen LogP contribution in [0.3, 0.4) is 0 Å². The number of aromatic nitrogens is 1. The maximum absolute atomic E-state index is 11.8. The Bertz CT molecular complexity index is 439. The maximum Gasteiger partial charge on any atom is 0.307 e. The number of amides is 1. The standard InChI is InChI=1S/C11H16N2O4/c1-5(6(2)11(15)16)9(14)12-10-7(3)8(4)13-17-10/h5-6H,1-4H3,(H,12,14)(H,15,16). The normalized spacial score (nSPS) is 14.1. The largest absolute Gasteiger partial charge is 0.481 e. The van der Waals surface area contributed by atoms with Crippen LogP contribution in [0.2, 0.25) is 0 Å². The van der Waals surface area contributed by atoms with Crippen molar-refractivity contribution in [1.29, 1.82) is 0 Å². The molecule has 0 bridgehead atoms. The fraction of sp³-hybridized carbons (Fsp3) is 0.545. The highest BCUT2D eigenvalue weighted by Crippen LogP contribution is 2.20. The minimum Gasteiger partial charge on any atom is -0.481 e. The lowest BCUT2D eigenvalue weighted by atomic mass is 9.95. The van der Waals surface area contributed by atoms with Crippen LogP contribution in [-0.2, 0) is 9.59 Å². The number of carbonyl (C=O) groups is 2. The van der Waals surface area contributed by atoms with E-state index in [1.165, 1.54) is 6.92 Å². The number of carboxylic acids is 1. The monoisotopic (exact) mass is 240 g/mol. The smallest absolute Gasteiger partial charge is 0.307 e. The number of carbonyl (C=O) groups excluding carboxylic acids is 1. The van der Waals surface area contributed by atoms with Gasteiger partial charge in [0.25, 0.3) is 0 Å². The average Bonchev–Trinajstić information content (AvgIpc) is 2.58. The molecule has 1 aromatic heterocycles. The number of aryl methyl sites for hydroxylation is 1. The van der Waals surface area contributed by atoms with Gasteiger partial charge in [0.1, 0.15) is 0 Å². The van der Waals surface area contributed by atoms with Crippen LogP contribution < -0.4 is 5.32 Å². The zero-order valence-electron chi connectivity index (χ0n) is 10.3. The molecule has 0 aliphatic heterocycles. The summed E-state index contributed by atoms with van der Waals surface area (Å²) in [6.07, 6.45) is 0. The number of hydrogen-bond acceptors (Lipinski definition) is 4.